The lowest BCUT2D eigenvalue weighted by atomic mass is 9.94. The molecule has 2 fully saturated rings. The number of ether oxygens (including phenoxy) is 1. The minimum atomic E-state index is 0.517. The van der Waals surface area contributed by atoms with E-state index >= 15 is 0 Å². The van der Waals surface area contributed by atoms with Crippen molar-refractivity contribution in [2.45, 2.75) is 44.6 Å². The SMILES string of the molecule is Brc1cc2c(c(CC3(CNC4CC4)CC3)c1)OCC2. The molecule has 0 bridgehead atoms. The smallest absolute Gasteiger partial charge is 0.125 e. The van der Waals surface area contributed by atoms with Crippen LogP contribution < -0.4 is 10.1 Å². The summed E-state index contributed by atoms with van der Waals surface area (Å²) in [4.78, 5) is 0. The van der Waals surface area contributed by atoms with E-state index < -0.39 is 0 Å². The molecule has 2 nitrogen and oxygen atoms in total. The van der Waals surface area contributed by atoms with E-state index in [1.165, 1.54) is 60.0 Å². The Kier molecular flexibility index (Phi) is 2.89. The summed E-state index contributed by atoms with van der Waals surface area (Å²) in [7, 11) is 0. The van der Waals surface area contributed by atoms with E-state index in [0.717, 1.165) is 19.1 Å². The van der Waals surface area contributed by atoms with Crippen molar-refractivity contribution in [3.8, 4) is 5.75 Å². The maximum Gasteiger partial charge on any atom is 0.125 e. The molecular formula is C16H20BrNO. The predicted octanol–water partition coefficient (Wildman–Crippen LogP) is 3.46. The number of hydrogen-bond acceptors (Lipinski definition) is 2. The zero-order valence-corrected chi connectivity index (χ0v) is 12.8. The Morgan fingerprint density at radius 1 is 1.32 bits per heavy atom. The van der Waals surface area contributed by atoms with E-state index in [1.54, 1.807) is 0 Å². The predicted molar refractivity (Wildman–Crippen MR) is 79.7 cm³/mol. The van der Waals surface area contributed by atoms with Gasteiger partial charge >= 0.3 is 0 Å². The van der Waals surface area contributed by atoms with Gasteiger partial charge in [0.2, 0.25) is 0 Å². The van der Waals surface area contributed by atoms with Crippen molar-refractivity contribution in [2.75, 3.05) is 13.2 Å². The zero-order valence-electron chi connectivity index (χ0n) is 11.2. The van der Waals surface area contributed by atoms with Gasteiger partial charge in [-0.15, -0.1) is 0 Å². The minimum Gasteiger partial charge on any atom is -0.493 e. The third kappa shape index (κ3) is 2.55. The molecule has 1 N–H and O–H groups in total. The molecule has 0 spiro atoms. The highest BCUT2D eigenvalue weighted by molar-refractivity contribution is 9.10. The second-order valence-electron chi connectivity index (χ2n) is 6.48. The fourth-order valence-corrected chi connectivity index (χ4v) is 3.68. The first-order valence-electron chi connectivity index (χ1n) is 7.42. The Hall–Kier alpha value is -0.540. The van der Waals surface area contributed by atoms with Gasteiger partial charge in [0.05, 0.1) is 6.61 Å². The first-order chi connectivity index (χ1) is 9.24. The van der Waals surface area contributed by atoms with Crippen molar-refractivity contribution in [3.63, 3.8) is 0 Å². The van der Waals surface area contributed by atoms with Crippen LogP contribution in [0.3, 0.4) is 0 Å². The molecule has 0 aromatic heterocycles. The summed E-state index contributed by atoms with van der Waals surface area (Å²) in [6.45, 7) is 2.05. The Morgan fingerprint density at radius 2 is 2.16 bits per heavy atom. The molecule has 1 aromatic rings. The van der Waals surface area contributed by atoms with E-state index in [4.69, 9.17) is 4.74 Å². The standard InChI is InChI=1S/C16H20BrNO/c17-13-7-11-3-6-19-15(11)12(8-13)9-16(4-5-16)10-18-14-1-2-14/h7-8,14,18H,1-6,9-10H2. The Balaban J connectivity index is 1.52. The quantitative estimate of drug-likeness (QED) is 0.896. The number of fused-ring (bicyclic) bond motifs is 1. The molecule has 1 heterocycles. The number of nitrogens with one attached hydrogen (secondary N) is 1. The molecule has 19 heavy (non-hydrogen) atoms. The highest BCUT2D eigenvalue weighted by Crippen LogP contribution is 2.50. The van der Waals surface area contributed by atoms with Crippen LogP contribution in [0.15, 0.2) is 16.6 Å². The number of benzene rings is 1. The first-order valence-corrected chi connectivity index (χ1v) is 8.21. The monoisotopic (exact) mass is 321 g/mol. The average Bonchev–Trinajstić information content (AvgIpc) is 3.28. The molecular weight excluding hydrogens is 302 g/mol. The van der Waals surface area contributed by atoms with Crippen LogP contribution in [-0.2, 0) is 12.8 Å². The fourth-order valence-electron chi connectivity index (χ4n) is 3.12. The van der Waals surface area contributed by atoms with Crippen LogP contribution >= 0.6 is 15.9 Å². The summed E-state index contributed by atoms with van der Waals surface area (Å²) in [6.07, 6.45) is 7.74. The van der Waals surface area contributed by atoms with Crippen molar-refractivity contribution < 1.29 is 4.74 Å². The maximum atomic E-state index is 5.85. The van der Waals surface area contributed by atoms with E-state index in [2.05, 4.69) is 33.4 Å². The van der Waals surface area contributed by atoms with Crippen LogP contribution in [0, 0.1) is 5.41 Å². The van der Waals surface area contributed by atoms with Crippen LogP contribution in [0.1, 0.15) is 36.8 Å². The molecule has 0 amide bonds. The summed E-state index contributed by atoms with van der Waals surface area (Å²) in [5, 5.41) is 3.71. The minimum absolute atomic E-state index is 0.517. The van der Waals surface area contributed by atoms with Gasteiger partial charge in [-0.05, 0) is 60.8 Å². The maximum absolute atomic E-state index is 5.85. The van der Waals surface area contributed by atoms with Gasteiger partial charge in [-0.2, -0.15) is 0 Å². The Morgan fingerprint density at radius 3 is 2.89 bits per heavy atom. The van der Waals surface area contributed by atoms with Crippen molar-refractivity contribution in [3.05, 3.63) is 27.7 Å². The summed E-state index contributed by atoms with van der Waals surface area (Å²) in [5.41, 5.74) is 3.32. The fraction of sp³-hybridized carbons (Fsp3) is 0.625. The summed E-state index contributed by atoms with van der Waals surface area (Å²) < 4.78 is 7.06. The van der Waals surface area contributed by atoms with Crippen molar-refractivity contribution in [1.82, 2.24) is 5.32 Å². The number of hydrogen-bond donors (Lipinski definition) is 1. The third-order valence-corrected chi connectivity index (χ3v) is 5.15. The van der Waals surface area contributed by atoms with Crippen LogP contribution in [0.25, 0.3) is 0 Å². The molecule has 0 atom stereocenters. The van der Waals surface area contributed by atoms with Gasteiger partial charge in [-0.25, -0.2) is 0 Å². The van der Waals surface area contributed by atoms with Crippen molar-refractivity contribution >= 4 is 15.9 Å². The second-order valence-corrected chi connectivity index (χ2v) is 7.40. The molecule has 1 aromatic carbocycles. The van der Waals surface area contributed by atoms with Crippen LogP contribution in [0.2, 0.25) is 0 Å². The molecule has 2 aliphatic carbocycles. The molecule has 1 aliphatic heterocycles. The second kappa shape index (κ2) is 4.49. The molecule has 0 saturated heterocycles. The van der Waals surface area contributed by atoms with E-state index in [0.29, 0.717) is 5.41 Å². The van der Waals surface area contributed by atoms with Gasteiger partial charge in [0.15, 0.2) is 0 Å². The molecule has 3 heteroatoms. The lowest BCUT2D eigenvalue weighted by molar-refractivity contribution is 0.348. The lowest BCUT2D eigenvalue weighted by Crippen LogP contribution is -2.27. The Bertz CT molecular complexity index is 506. The van der Waals surface area contributed by atoms with Gasteiger partial charge in [0.25, 0.3) is 0 Å². The largest absolute Gasteiger partial charge is 0.493 e. The Labute approximate surface area is 123 Å². The highest BCUT2D eigenvalue weighted by atomic mass is 79.9. The van der Waals surface area contributed by atoms with Gasteiger partial charge in [0.1, 0.15) is 5.75 Å². The molecule has 0 radical (unpaired) electrons. The summed E-state index contributed by atoms with van der Waals surface area (Å²) in [6, 6.07) is 5.30. The summed E-state index contributed by atoms with van der Waals surface area (Å²) >= 11 is 3.64. The third-order valence-electron chi connectivity index (χ3n) is 4.69. The summed E-state index contributed by atoms with van der Waals surface area (Å²) in [5.74, 6) is 1.18. The normalized spacial score (nSPS) is 23.0. The molecule has 2 saturated carbocycles. The van der Waals surface area contributed by atoms with Gasteiger partial charge < -0.3 is 10.1 Å². The van der Waals surface area contributed by atoms with Crippen molar-refractivity contribution in [1.29, 1.82) is 0 Å². The van der Waals surface area contributed by atoms with E-state index in [-0.39, 0.29) is 0 Å². The molecule has 4 rings (SSSR count). The first kappa shape index (κ1) is 12.2. The van der Waals surface area contributed by atoms with Gasteiger partial charge in [0, 0.05) is 23.5 Å². The number of rotatable bonds is 5. The van der Waals surface area contributed by atoms with Crippen LogP contribution in [0.5, 0.6) is 5.75 Å². The zero-order chi connectivity index (χ0) is 12.9. The van der Waals surface area contributed by atoms with Gasteiger partial charge in [-0.1, -0.05) is 15.9 Å². The molecule has 102 valence electrons. The molecule has 0 unspecified atom stereocenters. The molecule has 3 aliphatic rings. The number of halogens is 1. The van der Waals surface area contributed by atoms with E-state index in [1.807, 2.05) is 0 Å². The van der Waals surface area contributed by atoms with Crippen LogP contribution in [0.4, 0.5) is 0 Å². The van der Waals surface area contributed by atoms with Crippen LogP contribution in [-0.4, -0.2) is 19.2 Å². The van der Waals surface area contributed by atoms with E-state index in [9.17, 15) is 0 Å². The van der Waals surface area contributed by atoms with Crippen molar-refractivity contribution in [2.24, 2.45) is 5.41 Å². The average molecular weight is 322 g/mol. The lowest BCUT2D eigenvalue weighted by Gasteiger charge is -2.18. The topological polar surface area (TPSA) is 21.3 Å². The highest BCUT2D eigenvalue weighted by Gasteiger charge is 2.44. The van der Waals surface area contributed by atoms with Gasteiger partial charge in [-0.3, -0.25) is 0 Å².